The Hall–Kier alpha value is -1.09. The third-order valence-corrected chi connectivity index (χ3v) is 4.86. The number of aromatic nitrogens is 1. The van der Waals surface area contributed by atoms with Crippen molar-refractivity contribution in [3.63, 3.8) is 0 Å². The molecule has 3 rings (SSSR count). The van der Waals surface area contributed by atoms with Crippen LogP contribution in [-0.2, 0) is 0 Å². The van der Waals surface area contributed by atoms with Crippen molar-refractivity contribution in [1.29, 1.82) is 0 Å². The number of hydrogen-bond donors (Lipinski definition) is 0. The average Bonchev–Trinajstić information content (AvgIpc) is 2.81. The molecule has 3 heteroatoms. The summed E-state index contributed by atoms with van der Waals surface area (Å²) >= 11 is 0. The molecule has 20 heavy (non-hydrogen) atoms. The molecule has 3 nitrogen and oxygen atoms in total. The van der Waals surface area contributed by atoms with Crippen molar-refractivity contribution in [2.45, 2.75) is 51.5 Å². The molecule has 2 saturated heterocycles. The van der Waals surface area contributed by atoms with Gasteiger partial charge in [-0.05, 0) is 50.4 Å². The number of likely N-dealkylation sites (tertiary alicyclic amines) is 1. The Morgan fingerprint density at radius 2 is 1.85 bits per heavy atom. The van der Waals surface area contributed by atoms with Gasteiger partial charge in [-0.1, -0.05) is 25.8 Å². The standard InChI is InChI=1S/C17H27N3/c1-2-19-13-7-8-16(19)15-9-10-17(18-14-15)20-11-5-3-4-6-12-20/h9-10,14,16H,2-8,11-13H2,1H3/t16-/m0/s1. The highest BCUT2D eigenvalue weighted by molar-refractivity contribution is 5.40. The summed E-state index contributed by atoms with van der Waals surface area (Å²) in [7, 11) is 0. The Kier molecular flexibility index (Phi) is 4.56. The lowest BCUT2D eigenvalue weighted by Gasteiger charge is -2.25. The van der Waals surface area contributed by atoms with Crippen molar-refractivity contribution in [3.8, 4) is 0 Å². The summed E-state index contributed by atoms with van der Waals surface area (Å²) in [5, 5.41) is 0. The van der Waals surface area contributed by atoms with E-state index in [1.165, 1.54) is 69.5 Å². The molecule has 0 aromatic carbocycles. The highest BCUT2D eigenvalue weighted by atomic mass is 15.2. The van der Waals surface area contributed by atoms with Crippen LogP contribution in [0.15, 0.2) is 18.3 Å². The van der Waals surface area contributed by atoms with E-state index in [2.05, 4.69) is 35.1 Å². The maximum absolute atomic E-state index is 4.76. The minimum Gasteiger partial charge on any atom is -0.357 e. The Balaban J connectivity index is 1.70. The van der Waals surface area contributed by atoms with Gasteiger partial charge in [-0.2, -0.15) is 0 Å². The predicted molar refractivity (Wildman–Crippen MR) is 84.1 cm³/mol. The van der Waals surface area contributed by atoms with Crippen LogP contribution in [0.2, 0.25) is 0 Å². The molecule has 0 spiro atoms. The van der Waals surface area contributed by atoms with Crippen molar-refractivity contribution in [1.82, 2.24) is 9.88 Å². The number of anilines is 1. The summed E-state index contributed by atoms with van der Waals surface area (Å²) in [6.07, 6.45) is 10.1. The van der Waals surface area contributed by atoms with Crippen LogP contribution in [0.4, 0.5) is 5.82 Å². The van der Waals surface area contributed by atoms with Gasteiger partial charge in [0.2, 0.25) is 0 Å². The Labute approximate surface area is 123 Å². The van der Waals surface area contributed by atoms with Crippen molar-refractivity contribution in [3.05, 3.63) is 23.9 Å². The summed E-state index contributed by atoms with van der Waals surface area (Å²) in [4.78, 5) is 9.79. The zero-order valence-electron chi connectivity index (χ0n) is 12.7. The number of nitrogens with zero attached hydrogens (tertiary/aromatic N) is 3. The Morgan fingerprint density at radius 1 is 1.05 bits per heavy atom. The largest absolute Gasteiger partial charge is 0.357 e. The fourth-order valence-corrected chi connectivity index (χ4v) is 3.66. The fraction of sp³-hybridized carbons (Fsp3) is 0.706. The third-order valence-electron chi connectivity index (χ3n) is 4.86. The van der Waals surface area contributed by atoms with Gasteiger partial charge < -0.3 is 4.90 Å². The highest BCUT2D eigenvalue weighted by Gasteiger charge is 2.24. The van der Waals surface area contributed by atoms with Gasteiger partial charge in [-0.25, -0.2) is 4.98 Å². The lowest BCUT2D eigenvalue weighted by molar-refractivity contribution is 0.271. The average molecular weight is 273 g/mol. The lowest BCUT2D eigenvalue weighted by Crippen LogP contribution is -2.25. The van der Waals surface area contributed by atoms with Gasteiger partial charge in [0.25, 0.3) is 0 Å². The van der Waals surface area contributed by atoms with E-state index in [-0.39, 0.29) is 0 Å². The van der Waals surface area contributed by atoms with Gasteiger partial charge in [0.1, 0.15) is 5.82 Å². The summed E-state index contributed by atoms with van der Waals surface area (Å²) in [6, 6.07) is 5.16. The molecule has 1 atom stereocenters. The van der Waals surface area contributed by atoms with Crippen LogP contribution in [0.25, 0.3) is 0 Å². The molecule has 110 valence electrons. The van der Waals surface area contributed by atoms with E-state index in [4.69, 9.17) is 4.98 Å². The smallest absolute Gasteiger partial charge is 0.128 e. The summed E-state index contributed by atoms with van der Waals surface area (Å²) in [5.74, 6) is 1.18. The van der Waals surface area contributed by atoms with Crippen LogP contribution in [0.1, 0.15) is 57.1 Å². The summed E-state index contributed by atoms with van der Waals surface area (Å²) < 4.78 is 0. The monoisotopic (exact) mass is 273 g/mol. The summed E-state index contributed by atoms with van der Waals surface area (Å²) in [5.41, 5.74) is 1.41. The van der Waals surface area contributed by atoms with Crippen molar-refractivity contribution < 1.29 is 0 Å². The van der Waals surface area contributed by atoms with Crippen molar-refractivity contribution >= 4 is 5.82 Å². The fourth-order valence-electron chi connectivity index (χ4n) is 3.66. The van der Waals surface area contributed by atoms with Crippen LogP contribution in [-0.4, -0.2) is 36.1 Å². The van der Waals surface area contributed by atoms with Crippen LogP contribution < -0.4 is 4.90 Å². The second-order valence-corrected chi connectivity index (χ2v) is 6.14. The van der Waals surface area contributed by atoms with Gasteiger partial charge in [0.05, 0.1) is 0 Å². The second-order valence-electron chi connectivity index (χ2n) is 6.14. The molecular weight excluding hydrogens is 246 g/mol. The number of rotatable bonds is 3. The normalized spacial score (nSPS) is 24.9. The van der Waals surface area contributed by atoms with E-state index in [0.29, 0.717) is 6.04 Å². The molecule has 2 fully saturated rings. The van der Waals surface area contributed by atoms with Crippen LogP contribution in [0.3, 0.4) is 0 Å². The van der Waals surface area contributed by atoms with E-state index in [1.807, 2.05) is 0 Å². The molecule has 0 N–H and O–H groups in total. The highest BCUT2D eigenvalue weighted by Crippen LogP contribution is 2.31. The third kappa shape index (κ3) is 2.98. The van der Waals surface area contributed by atoms with E-state index in [9.17, 15) is 0 Å². The predicted octanol–water partition coefficient (Wildman–Crippen LogP) is 3.62. The Morgan fingerprint density at radius 3 is 2.50 bits per heavy atom. The van der Waals surface area contributed by atoms with Crippen LogP contribution in [0, 0.1) is 0 Å². The van der Waals surface area contributed by atoms with E-state index in [0.717, 1.165) is 6.54 Å². The maximum Gasteiger partial charge on any atom is 0.128 e. The Bertz CT molecular complexity index is 407. The van der Waals surface area contributed by atoms with E-state index in [1.54, 1.807) is 0 Å². The zero-order valence-corrected chi connectivity index (χ0v) is 12.7. The topological polar surface area (TPSA) is 19.4 Å². The molecule has 0 radical (unpaired) electrons. The van der Waals surface area contributed by atoms with E-state index < -0.39 is 0 Å². The van der Waals surface area contributed by atoms with Crippen molar-refractivity contribution in [2.75, 3.05) is 31.1 Å². The van der Waals surface area contributed by atoms with Gasteiger partial charge in [-0.15, -0.1) is 0 Å². The van der Waals surface area contributed by atoms with Crippen LogP contribution >= 0.6 is 0 Å². The lowest BCUT2D eigenvalue weighted by atomic mass is 10.1. The number of hydrogen-bond acceptors (Lipinski definition) is 3. The molecule has 2 aliphatic heterocycles. The SMILES string of the molecule is CCN1CCC[C@H]1c1ccc(N2CCCCCC2)nc1. The molecule has 0 saturated carbocycles. The quantitative estimate of drug-likeness (QED) is 0.838. The van der Waals surface area contributed by atoms with Gasteiger partial charge in [-0.3, -0.25) is 4.90 Å². The molecule has 1 aromatic heterocycles. The molecule has 0 aliphatic carbocycles. The molecule has 2 aliphatic rings. The number of pyridine rings is 1. The molecule has 3 heterocycles. The maximum atomic E-state index is 4.76. The zero-order chi connectivity index (χ0) is 13.8. The minimum absolute atomic E-state index is 0.602. The molecule has 1 aromatic rings. The van der Waals surface area contributed by atoms with Crippen LogP contribution in [0.5, 0.6) is 0 Å². The van der Waals surface area contributed by atoms with Crippen molar-refractivity contribution in [2.24, 2.45) is 0 Å². The minimum atomic E-state index is 0.602. The van der Waals surface area contributed by atoms with Gasteiger partial charge in [0, 0.05) is 25.3 Å². The first-order chi connectivity index (χ1) is 9.88. The molecule has 0 amide bonds. The van der Waals surface area contributed by atoms with E-state index >= 15 is 0 Å². The first-order valence-electron chi connectivity index (χ1n) is 8.33. The first-order valence-corrected chi connectivity index (χ1v) is 8.33. The van der Waals surface area contributed by atoms with Gasteiger partial charge >= 0.3 is 0 Å². The molecular formula is C17H27N3. The molecule has 0 unspecified atom stereocenters. The second kappa shape index (κ2) is 6.57. The summed E-state index contributed by atoms with van der Waals surface area (Å²) in [6.45, 7) is 7.01. The molecule has 0 bridgehead atoms. The van der Waals surface area contributed by atoms with Gasteiger partial charge in [0.15, 0.2) is 0 Å². The first kappa shape index (κ1) is 13.9.